The third kappa shape index (κ3) is 2.02. The van der Waals surface area contributed by atoms with Crippen molar-refractivity contribution < 1.29 is 14.1 Å². The lowest BCUT2D eigenvalue weighted by atomic mass is 10.00. The third-order valence-corrected chi connectivity index (χ3v) is 4.02. The molecule has 3 rings (SSSR count). The Morgan fingerprint density at radius 2 is 1.90 bits per heavy atom. The number of carbonyl (C=O) groups excluding carboxylic acids is 2. The van der Waals surface area contributed by atoms with Crippen LogP contribution in [0, 0.1) is 11.8 Å². The van der Waals surface area contributed by atoms with E-state index in [9.17, 15) is 9.59 Å². The summed E-state index contributed by atoms with van der Waals surface area (Å²) in [6.07, 6.45) is 2.56. The average molecular weight is 278 g/mol. The molecular weight excluding hydrogens is 260 g/mol. The van der Waals surface area contributed by atoms with Crippen LogP contribution in [0.1, 0.15) is 44.8 Å². The minimum absolute atomic E-state index is 0.0494. The first-order chi connectivity index (χ1) is 9.38. The van der Waals surface area contributed by atoms with E-state index in [0.29, 0.717) is 5.82 Å². The zero-order chi connectivity index (χ0) is 14.5. The van der Waals surface area contributed by atoms with Gasteiger partial charge in [-0.1, -0.05) is 11.6 Å². The quantitative estimate of drug-likeness (QED) is 0.810. The second-order valence-corrected chi connectivity index (χ2v) is 6.14. The molecule has 2 amide bonds. The molecule has 2 heterocycles. The van der Waals surface area contributed by atoms with E-state index in [-0.39, 0.29) is 36.1 Å². The maximum absolute atomic E-state index is 12.2. The van der Waals surface area contributed by atoms with E-state index in [4.69, 9.17) is 10.3 Å². The van der Waals surface area contributed by atoms with Gasteiger partial charge in [0.05, 0.1) is 17.4 Å². The number of fused-ring (bicyclic) bond motifs is 1. The lowest BCUT2D eigenvalue weighted by Crippen LogP contribution is -2.32. The SMILES string of the molecule is CC(C)(N)c1noc(CN2C(=O)C3CCCC3C2=O)n1. The molecule has 2 N–H and O–H groups in total. The van der Waals surface area contributed by atoms with Crippen LogP contribution < -0.4 is 5.73 Å². The molecule has 2 atom stereocenters. The lowest BCUT2D eigenvalue weighted by Gasteiger charge is -2.13. The van der Waals surface area contributed by atoms with E-state index < -0.39 is 5.54 Å². The maximum Gasteiger partial charge on any atom is 0.246 e. The van der Waals surface area contributed by atoms with Gasteiger partial charge in [-0.05, 0) is 26.7 Å². The molecule has 108 valence electrons. The van der Waals surface area contributed by atoms with Crippen molar-refractivity contribution in [1.82, 2.24) is 15.0 Å². The van der Waals surface area contributed by atoms with Crippen LogP contribution in [0.15, 0.2) is 4.52 Å². The topological polar surface area (TPSA) is 102 Å². The standard InChI is InChI=1S/C13H18N4O3/c1-13(2,14)12-15-9(20-16-12)6-17-10(18)7-4-3-5-8(7)11(17)19/h7-8H,3-6,14H2,1-2H3. The monoisotopic (exact) mass is 278 g/mol. The highest BCUT2D eigenvalue weighted by molar-refractivity contribution is 6.05. The Kier molecular flexibility index (Phi) is 2.89. The first-order valence-corrected chi connectivity index (χ1v) is 6.85. The predicted octanol–water partition coefficient (Wildman–Crippen LogP) is 0.548. The fourth-order valence-electron chi connectivity index (χ4n) is 2.93. The van der Waals surface area contributed by atoms with E-state index in [1.165, 1.54) is 4.90 Å². The molecule has 20 heavy (non-hydrogen) atoms. The zero-order valence-electron chi connectivity index (χ0n) is 11.6. The van der Waals surface area contributed by atoms with Crippen LogP contribution >= 0.6 is 0 Å². The number of aromatic nitrogens is 2. The molecule has 7 nitrogen and oxygen atoms in total. The summed E-state index contributed by atoms with van der Waals surface area (Å²) in [6.45, 7) is 3.57. The molecule has 2 fully saturated rings. The van der Waals surface area contributed by atoms with Crippen molar-refractivity contribution in [2.75, 3.05) is 0 Å². The van der Waals surface area contributed by atoms with Crippen molar-refractivity contribution in [3.63, 3.8) is 0 Å². The molecule has 7 heteroatoms. The van der Waals surface area contributed by atoms with Crippen LogP contribution in [-0.2, 0) is 21.7 Å². The largest absolute Gasteiger partial charge is 0.337 e. The first-order valence-electron chi connectivity index (χ1n) is 6.85. The van der Waals surface area contributed by atoms with Gasteiger partial charge in [0.25, 0.3) is 0 Å². The maximum atomic E-state index is 12.2. The number of imide groups is 1. The highest BCUT2D eigenvalue weighted by Crippen LogP contribution is 2.40. The molecule has 2 aliphatic rings. The van der Waals surface area contributed by atoms with Gasteiger partial charge < -0.3 is 10.3 Å². The summed E-state index contributed by atoms with van der Waals surface area (Å²) in [5.41, 5.74) is 5.16. The zero-order valence-corrected chi connectivity index (χ0v) is 11.6. The van der Waals surface area contributed by atoms with Gasteiger partial charge in [-0.15, -0.1) is 0 Å². The van der Waals surface area contributed by atoms with Gasteiger partial charge >= 0.3 is 0 Å². The smallest absolute Gasteiger partial charge is 0.246 e. The normalized spacial score (nSPS) is 26.4. The van der Waals surface area contributed by atoms with Gasteiger partial charge in [-0.25, -0.2) is 0 Å². The van der Waals surface area contributed by atoms with Gasteiger partial charge in [0.1, 0.15) is 6.54 Å². The molecule has 0 aromatic carbocycles. The van der Waals surface area contributed by atoms with Crippen molar-refractivity contribution in [2.45, 2.75) is 45.2 Å². The summed E-state index contributed by atoms with van der Waals surface area (Å²) in [4.78, 5) is 29.8. The molecule has 1 aromatic heterocycles. The van der Waals surface area contributed by atoms with E-state index in [0.717, 1.165) is 19.3 Å². The Balaban J connectivity index is 1.77. The molecule has 1 aromatic rings. The highest BCUT2D eigenvalue weighted by Gasteiger charge is 2.49. The molecule has 1 aliphatic carbocycles. The summed E-state index contributed by atoms with van der Waals surface area (Å²) < 4.78 is 5.08. The Labute approximate surface area is 116 Å². The summed E-state index contributed by atoms with van der Waals surface area (Å²) in [6, 6.07) is 0. The number of nitrogens with zero attached hydrogens (tertiary/aromatic N) is 3. The van der Waals surface area contributed by atoms with Gasteiger partial charge in [-0.2, -0.15) is 4.98 Å². The fourth-order valence-corrected chi connectivity index (χ4v) is 2.93. The van der Waals surface area contributed by atoms with Crippen molar-refractivity contribution in [3.05, 3.63) is 11.7 Å². The third-order valence-electron chi connectivity index (χ3n) is 4.02. The molecule has 1 saturated heterocycles. The van der Waals surface area contributed by atoms with Crippen molar-refractivity contribution in [2.24, 2.45) is 17.6 Å². The Morgan fingerprint density at radius 1 is 1.30 bits per heavy atom. The second-order valence-electron chi connectivity index (χ2n) is 6.14. The van der Waals surface area contributed by atoms with Crippen molar-refractivity contribution in [3.8, 4) is 0 Å². The van der Waals surface area contributed by atoms with Gasteiger partial charge in [0, 0.05) is 0 Å². The van der Waals surface area contributed by atoms with E-state index >= 15 is 0 Å². The second kappa shape index (κ2) is 4.37. The minimum Gasteiger partial charge on any atom is -0.337 e. The van der Waals surface area contributed by atoms with Gasteiger partial charge in [0.2, 0.25) is 17.7 Å². The molecule has 0 bridgehead atoms. The van der Waals surface area contributed by atoms with Gasteiger partial charge in [-0.3, -0.25) is 14.5 Å². The minimum atomic E-state index is -0.711. The van der Waals surface area contributed by atoms with Crippen LogP contribution in [0.3, 0.4) is 0 Å². The first kappa shape index (κ1) is 13.2. The number of likely N-dealkylation sites (tertiary alicyclic amines) is 1. The molecule has 0 spiro atoms. The van der Waals surface area contributed by atoms with E-state index in [2.05, 4.69) is 10.1 Å². The molecule has 1 saturated carbocycles. The fraction of sp³-hybridized carbons (Fsp3) is 0.692. The van der Waals surface area contributed by atoms with E-state index in [1.807, 2.05) is 0 Å². The van der Waals surface area contributed by atoms with Crippen LogP contribution in [0.4, 0.5) is 0 Å². The Hall–Kier alpha value is -1.76. The molecule has 0 radical (unpaired) electrons. The Bertz CT molecular complexity index is 538. The molecule has 1 aliphatic heterocycles. The number of amides is 2. The number of carbonyl (C=O) groups is 2. The van der Waals surface area contributed by atoms with Crippen molar-refractivity contribution in [1.29, 1.82) is 0 Å². The number of hydrogen-bond donors (Lipinski definition) is 1. The summed E-state index contributed by atoms with van der Waals surface area (Å²) in [5.74, 6) is 0.118. The summed E-state index contributed by atoms with van der Waals surface area (Å²) in [7, 11) is 0. The predicted molar refractivity (Wildman–Crippen MR) is 67.9 cm³/mol. The lowest BCUT2D eigenvalue weighted by molar-refractivity contribution is -0.141. The van der Waals surface area contributed by atoms with E-state index in [1.54, 1.807) is 13.8 Å². The molecular formula is C13H18N4O3. The molecule has 2 unspecified atom stereocenters. The number of hydrogen-bond acceptors (Lipinski definition) is 6. The van der Waals surface area contributed by atoms with Crippen LogP contribution in [0.2, 0.25) is 0 Å². The highest BCUT2D eigenvalue weighted by atomic mass is 16.5. The number of nitrogens with two attached hydrogens (primary N) is 1. The number of rotatable bonds is 3. The average Bonchev–Trinajstić information content (AvgIpc) is 3.05. The van der Waals surface area contributed by atoms with Crippen LogP contribution in [-0.4, -0.2) is 26.9 Å². The summed E-state index contributed by atoms with van der Waals surface area (Å²) >= 11 is 0. The van der Waals surface area contributed by atoms with Crippen molar-refractivity contribution >= 4 is 11.8 Å². The summed E-state index contributed by atoms with van der Waals surface area (Å²) in [5, 5.41) is 3.79. The Morgan fingerprint density at radius 3 is 2.40 bits per heavy atom. The van der Waals surface area contributed by atoms with Crippen LogP contribution in [0.25, 0.3) is 0 Å². The van der Waals surface area contributed by atoms with Crippen LogP contribution in [0.5, 0.6) is 0 Å². The van der Waals surface area contributed by atoms with Gasteiger partial charge in [0.15, 0.2) is 5.82 Å².